The van der Waals surface area contributed by atoms with Gasteiger partial charge in [-0.25, -0.2) is 0 Å². The number of anilines is 1. The molecule has 0 saturated heterocycles. The van der Waals surface area contributed by atoms with Crippen molar-refractivity contribution in [1.29, 1.82) is 0 Å². The number of carbonyl (C=O) groups is 2. The van der Waals surface area contributed by atoms with Crippen LogP contribution in [-0.2, 0) is 0 Å². The van der Waals surface area contributed by atoms with E-state index in [4.69, 9.17) is 17.0 Å². The van der Waals surface area contributed by atoms with E-state index in [1.165, 1.54) is 7.11 Å². The maximum absolute atomic E-state index is 12.4. The predicted octanol–water partition coefficient (Wildman–Crippen LogP) is 2.94. The van der Waals surface area contributed by atoms with Crippen LogP contribution in [0.3, 0.4) is 0 Å². The number of amides is 2. The Labute approximate surface area is 159 Å². The molecule has 0 aliphatic carbocycles. The van der Waals surface area contributed by atoms with Gasteiger partial charge in [-0.05, 0) is 48.6 Å². The number of benzene rings is 2. The van der Waals surface area contributed by atoms with Crippen LogP contribution in [0.2, 0.25) is 0 Å². The Balaban J connectivity index is 2.09. The van der Waals surface area contributed by atoms with E-state index in [0.717, 1.165) is 4.47 Å². The number of hydrogen-bond donors (Lipinski definition) is 3. The molecule has 0 unspecified atom stereocenters. The molecule has 2 aromatic rings. The minimum absolute atomic E-state index is 0.112. The summed E-state index contributed by atoms with van der Waals surface area (Å²) in [5, 5.41) is 8.13. The van der Waals surface area contributed by atoms with E-state index in [0.29, 0.717) is 22.6 Å². The topological polar surface area (TPSA) is 79.5 Å². The highest BCUT2D eigenvalue weighted by Crippen LogP contribution is 2.22. The zero-order chi connectivity index (χ0) is 18.4. The number of thiocarbonyl (C=S) groups is 1. The van der Waals surface area contributed by atoms with Crippen LogP contribution in [-0.4, -0.2) is 31.1 Å². The van der Waals surface area contributed by atoms with Crippen molar-refractivity contribution in [2.24, 2.45) is 0 Å². The predicted molar refractivity (Wildman–Crippen MR) is 104 cm³/mol. The summed E-state index contributed by atoms with van der Waals surface area (Å²) < 4.78 is 5.93. The van der Waals surface area contributed by atoms with Gasteiger partial charge in [0.2, 0.25) is 0 Å². The molecule has 0 aromatic heterocycles. The van der Waals surface area contributed by atoms with E-state index in [-0.39, 0.29) is 11.0 Å². The zero-order valence-corrected chi connectivity index (χ0v) is 16.0. The number of carbonyl (C=O) groups excluding carboxylic acids is 2. The van der Waals surface area contributed by atoms with Gasteiger partial charge >= 0.3 is 0 Å². The maximum Gasteiger partial charge on any atom is 0.261 e. The normalized spacial score (nSPS) is 9.88. The second-order valence-electron chi connectivity index (χ2n) is 4.91. The van der Waals surface area contributed by atoms with Gasteiger partial charge in [-0.1, -0.05) is 22.0 Å². The molecule has 25 heavy (non-hydrogen) atoms. The number of nitrogens with one attached hydrogen (secondary N) is 3. The van der Waals surface area contributed by atoms with Crippen molar-refractivity contribution in [3.05, 3.63) is 58.1 Å². The second kappa shape index (κ2) is 8.59. The average molecular weight is 422 g/mol. The lowest BCUT2D eigenvalue weighted by molar-refractivity contribution is 0.0958. The lowest BCUT2D eigenvalue weighted by Crippen LogP contribution is -2.34. The van der Waals surface area contributed by atoms with Crippen LogP contribution < -0.4 is 20.7 Å². The Hall–Kier alpha value is -2.45. The second-order valence-corrected chi connectivity index (χ2v) is 6.24. The first-order valence-electron chi connectivity index (χ1n) is 7.22. The molecule has 0 aliphatic rings. The molecular weight excluding hydrogens is 406 g/mol. The largest absolute Gasteiger partial charge is 0.496 e. The Kier molecular flexibility index (Phi) is 6.49. The van der Waals surface area contributed by atoms with Crippen LogP contribution >= 0.6 is 28.1 Å². The van der Waals surface area contributed by atoms with Crippen molar-refractivity contribution in [3.63, 3.8) is 0 Å². The van der Waals surface area contributed by atoms with Gasteiger partial charge in [0.25, 0.3) is 11.8 Å². The third-order valence-electron chi connectivity index (χ3n) is 3.24. The van der Waals surface area contributed by atoms with Crippen molar-refractivity contribution in [2.45, 2.75) is 0 Å². The van der Waals surface area contributed by atoms with E-state index in [2.05, 4.69) is 31.9 Å². The van der Waals surface area contributed by atoms with Crippen LogP contribution in [0.4, 0.5) is 5.69 Å². The smallest absolute Gasteiger partial charge is 0.261 e. The standard InChI is InChI=1S/C17H16BrN3O3S/c1-19-15(22)10-4-3-5-12(8-10)20-17(25)21-16(23)13-9-11(18)6-7-14(13)24-2/h3-9H,1-2H3,(H,19,22)(H2,20,21,23,25). The van der Waals surface area contributed by atoms with Gasteiger partial charge < -0.3 is 15.4 Å². The molecule has 0 spiro atoms. The van der Waals surface area contributed by atoms with Gasteiger partial charge in [0.15, 0.2) is 5.11 Å². The van der Waals surface area contributed by atoms with Crippen LogP contribution in [0.1, 0.15) is 20.7 Å². The molecule has 0 bridgehead atoms. The number of rotatable bonds is 4. The minimum atomic E-state index is -0.405. The van der Waals surface area contributed by atoms with Crippen molar-refractivity contribution < 1.29 is 14.3 Å². The highest BCUT2D eigenvalue weighted by atomic mass is 79.9. The summed E-state index contributed by atoms with van der Waals surface area (Å²) in [5.41, 5.74) is 1.42. The Bertz CT molecular complexity index is 827. The highest BCUT2D eigenvalue weighted by molar-refractivity contribution is 9.10. The molecule has 3 N–H and O–H groups in total. The summed E-state index contributed by atoms with van der Waals surface area (Å²) in [6, 6.07) is 11.9. The summed E-state index contributed by atoms with van der Waals surface area (Å²) in [4.78, 5) is 24.1. The molecule has 0 radical (unpaired) electrons. The lowest BCUT2D eigenvalue weighted by Gasteiger charge is -2.12. The number of hydrogen-bond acceptors (Lipinski definition) is 4. The average Bonchev–Trinajstić information content (AvgIpc) is 2.61. The molecular formula is C17H16BrN3O3S. The van der Waals surface area contributed by atoms with Crippen molar-refractivity contribution in [3.8, 4) is 5.75 Å². The third kappa shape index (κ3) is 5.01. The molecule has 0 fully saturated rings. The van der Waals surface area contributed by atoms with Gasteiger partial charge in [0, 0.05) is 22.8 Å². The van der Waals surface area contributed by atoms with Gasteiger partial charge in [0.05, 0.1) is 12.7 Å². The fourth-order valence-electron chi connectivity index (χ4n) is 2.07. The van der Waals surface area contributed by atoms with Crippen LogP contribution in [0.5, 0.6) is 5.75 Å². The van der Waals surface area contributed by atoms with Crippen molar-refractivity contribution in [2.75, 3.05) is 19.5 Å². The summed E-state index contributed by atoms with van der Waals surface area (Å²) in [6.45, 7) is 0. The van der Waals surface area contributed by atoms with Gasteiger partial charge in [0.1, 0.15) is 5.75 Å². The molecule has 0 aliphatic heterocycles. The molecule has 2 amide bonds. The molecule has 130 valence electrons. The quantitative estimate of drug-likeness (QED) is 0.661. The molecule has 0 atom stereocenters. The number of halogens is 1. The lowest BCUT2D eigenvalue weighted by atomic mass is 10.2. The highest BCUT2D eigenvalue weighted by Gasteiger charge is 2.14. The third-order valence-corrected chi connectivity index (χ3v) is 3.94. The first kappa shape index (κ1) is 18.9. The minimum Gasteiger partial charge on any atom is -0.496 e. The van der Waals surface area contributed by atoms with Crippen LogP contribution in [0.15, 0.2) is 46.9 Å². The summed E-state index contributed by atoms with van der Waals surface area (Å²) in [5.74, 6) is -0.180. The molecule has 2 rings (SSSR count). The number of methoxy groups -OCH3 is 1. The van der Waals surface area contributed by atoms with E-state index in [9.17, 15) is 9.59 Å². The van der Waals surface area contributed by atoms with Crippen molar-refractivity contribution in [1.82, 2.24) is 10.6 Å². The summed E-state index contributed by atoms with van der Waals surface area (Å²) in [6.07, 6.45) is 0. The molecule has 0 saturated carbocycles. The number of ether oxygens (including phenoxy) is 1. The van der Waals surface area contributed by atoms with Gasteiger partial charge in [-0.2, -0.15) is 0 Å². The van der Waals surface area contributed by atoms with Crippen LogP contribution in [0.25, 0.3) is 0 Å². The maximum atomic E-state index is 12.4. The zero-order valence-electron chi connectivity index (χ0n) is 13.6. The molecule has 8 heteroatoms. The summed E-state index contributed by atoms with van der Waals surface area (Å²) in [7, 11) is 3.04. The Morgan fingerprint density at radius 1 is 1.12 bits per heavy atom. The van der Waals surface area contributed by atoms with E-state index in [1.54, 1.807) is 49.5 Å². The Morgan fingerprint density at radius 2 is 1.88 bits per heavy atom. The molecule has 0 heterocycles. The molecule has 6 nitrogen and oxygen atoms in total. The fourth-order valence-corrected chi connectivity index (χ4v) is 2.64. The van der Waals surface area contributed by atoms with E-state index < -0.39 is 5.91 Å². The monoisotopic (exact) mass is 421 g/mol. The first-order valence-corrected chi connectivity index (χ1v) is 8.42. The molecule has 2 aromatic carbocycles. The SMILES string of the molecule is CNC(=O)c1cccc(NC(=S)NC(=O)c2cc(Br)ccc2OC)c1. The Morgan fingerprint density at radius 3 is 2.56 bits per heavy atom. The van der Waals surface area contributed by atoms with Crippen molar-refractivity contribution >= 4 is 50.8 Å². The van der Waals surface area contributed by atoms with Crippen LogP contribution in [0, 0.1) is 0 Å². The van der Waals surface area contributed by atoms with E-state index >= 15 is 0 Å². The van der Waals surface area contributed by atoms with E-state index in [1.807, 2.05) is 0 Å². The van der Waals surface area contributed by atoms with Gasteiger partial charge in [-0.3, -0.25) is 14.9 Å². The van der Waals surface area contributed by atoms with Gasteiger partial charge in [-0.15, -0.1) is 0 Å². The fraction of sp³-hybridized carbons (Fsp3) is 0.118. The summed E-state index contributed by atoms with van der Waals surface area (Å²) >= 11 is 8.49. The first-order chi connectivity index (χ1) is 11.9.